The van der Waals surface area contributed by atoms with Gasteiger partial charge in [0, 0.05) is 112 Å². The number of hydrogen-bond acceptors (Lipinski definition) is 13. The van der Waals surface area contributed by atoms with Crippen LogP contribution in [-0.2, 0) is 28.5 Å². The molecule has 1 amide bonds. The van der Waals surface area contributed by atoms with Crippen molar-refractivity contribution in [2.24, 2.45) is 17.3 Å². The zero-order chi connectivity index (χ0) is 39.6. The Morgan fingerprint density at radius 2 is 1.69 bits per heavy atom. The van der Waals surface area contributed by atoms with E-state index in [4.69, 9.17) is 18.9 Å². The summed E-state index contributed by atoms with van der Waals surface area (Å²) in [6.45, 7) is 13.9. The maximum absolute atomic E-state index is 13.8. The second kappa shape index (κ2) is 20.3. The van der Waals surface area contributed by atoms with Crippen LogP contribution in [0.3, 0.4) is 0 Å². The minimum Gasteiger partial charge on any atom is -0.456 e. The van der Waals surface area contributed by atoms with Gasteiger partial charge in [-0.25, -0.2) is 14.4 Å². The summed E-state index contributed by atoms with van der Waals surface area (Å²) in [5, 5.41) is 61.5. The molecule has 55 heavy (non-hydrogen) atoms. The van der Waals surface area contributed by atoms with Crippen LogP contribution in [-0.4, -0.2) is 116 Å². The Morgan fingerprint density at radius 1 is 1.07 bits per heavy atom. The van der Waals surface area contributed by atoms with E-state index in [1.165, 1.54) is 31.2 Å². The normalized spacial score (nSPS) is 30.1. The maximum Gasteiger partial charge on any atom is 0.408 e. The van der Waals surface area contributed by atoms with Gasteiger partial charge in [-0.3, -0.25) is 4.79 Å². The molecule has 0 aromatic heterocycles. The van der Waals surface area contributed by atoms with Crippen LogP contribution in [0, 0.1) is 105 Å². The van der Waals surface area contributed by atoms with Gasteiger partial charge in [0.25, 0.3) is 0 Å². The van der Waals surface area contributed by atoms with E-state index < -0.39 is 101 Å². The molecular formula is C39H53Ac2NO13. The summed E-state index contributed by atoms with van der Waals surface area (Å²) in [7, 11) is 0. The quantitative estimate of drug-likeness (QED) is 0.0952. The molecule has 1 saturated heterocycles. The topological polar surface area (TPSA) is 218 Å². The fourth-order valence-electron chi connectivity index (χ4n) is 8.04. The molecule has 298 valence electrons. The molecule has 0 bridgehead atoms. The van der Waals surface area contributed by atoms with Crippen LogP contribution in [0.25, 0.3) is 0 Å². The Bertz CT molecular complexity index is 1630. The van der Waals surface area contributed by atoms with Crippen molar-refractivity contribution in [3.63, 3.8) is 0 Å². The molecule has 10 unspecified atom stereocenters. The van der Waals surface area contributed by atoms with Gasteiger partial charge in [0.05, 0.1) is 30.4 Å². The number of rotatable bonds is 13. The first kappa shape index (κ1) is 50.1. The van der Waals surface area contributed by atoms with Crippen molar-refractivity contribution in [3.05, 3.63) is 71.3 Å². The Balaban J connectivity index is 0.00000523. The van der Waals surface area contributed by atoms with Crippen molar-refractivity contribution in [1.82, 2.24) is 5.32 Å². The van der Waals surface area contributed by atoms with E-state index in [-0.39, 0.29) is 124 Å². The Kier molecular flexibility index (Phi) is 18.5. The van der Waals surface area contributed by atoms with Gasteiger partial charge in [-0.05, 0) is 56.9 Å². The van der Waals surface area contributed by atoms with Gasteiger partial charge in [0.2, 0.25) is 0 Å². The second-order valence-electron chi connectivity index (χ2n) is 15.2. The monoisotopic (exact) mass is 1200 g/mol. The van der Waals surface area contributed by atoms with E-state index in [0.717, 1.165) is 6.92 Å². The number of carbonyl (C=O) groups is 4. The van der Waals surface area contributed by atoms with Crippen molar-refractivity contribution in [2.45, 2.75) is 115 Å². The van der Waals surface area contributed by atoms with E-state index in [1.807, 2.05) is 0 Å². The number of amides is 1. The van der Waals surface area contributed by atoms with E-state index in [1.54, 1.807) is 52.8 Å². The molecule has 3 aliphatic rings. The molecule has 4 rings (SSSR count). The van der Waals surface area contributed by atoms with Gasteiger partial charge in [0.15, 0.2) is 11.9 Å². The zero-order valence-electron chi connectivity index (χ0n) is 32.4. The molecule has 1 aliphatic heterocycles. The molecule has 2 aliphatic carbocycles. The summed E-state index contributed by atoms with van der Waals surface area (Å²) in [5.74, 6) is -4.73. The predicted molar refractivity (Wildman–Crippen MR) is 190 cm³/mol. The molecule has 1 saturated carbocycles. The number of benzene rings is 1. The van der Waals surface area contributed by atoms with Crippen LogP contribution in [0.2, 0.25) is 0 Å². The van der Waals surface area contributed by atoms with Gasteiger partial charge in [0.1, 0.15) is 36.1 Å². The number of alkyl carbamates (subject to hydrolysis) is 1. The average Bonchev–Trinajstić information content (AvgIpc) is 3.09. The molecule has 1 aromatic rings. The van der Waals surface area contributed by atoms with Gasteiger partial charge < -0.3 is 49.8 Å². The van der Waals surface area contributed by atoms with Crippen molar-refractivity contribution in [3.8, 4) is 0 Å². The number of fused-ring (bicyclic) bond motifs is 1. The van der Waals surface area contributed by atoms with Crippen LogP contribution in [0.4, 0.5) is 4.79 Å². The summed E-state index contributed by atoms with van der Waals surface area (Å²) in [4.78, 5) is 52.8. The number of esters is 2. The van der Waals surface area contributed by atoms with Crippen LogP contribution >= 0.6 is 0 Å². The number of nitrogens with one attached hydrogen (secondary N) is 1. The van der Waals surface area contributed by atoms with Crippen molar-refractivity contribution < 1.29 is 152 Å². The number of carbonyl (C=O) groups excluding carboxylic acids is 4. The number of ketones is 1. The van der Waals surface area contributed by atoms with E-state index in [0.29, 0.717) is 5.57 Å². The average molecular weight is 1200 g/mol. The third-order valence-corrected chi connectivity index (χ3v) is 11.1. The number of allylic oxidation sites excluding steroid dienone is 1. The molecule has 14 nitrogen and oxygen atoms in total. The Morgan fingerprint density at radius 3 is 2.22 bits per heavy atom. The molecular weight excluding hydrogens is 1140 g/mol. The SMILES string of the molecule is C=CCOC(=O)NC(C=C(C)C)C(O)C(=O)OC1CC(O)(C(OC(=O)c2ccccc2)C2[C@@H](C)C(O)CC3OCC32O)C(C)(C)C(C(O)C(C)=O)=C1C.[Ac].[Ac]. The van der Waals surface area contributed by atoms with Crippen molar-refractivity contribution in [2.75, 3.05) is 13.2 Å². The van der Waals surface area contributed by atoms with Crippen LogP contribution < -0.4 is 5.32 Å². The summed E-state index contributed by atoms with van der Waals surface area (Å²) in [6, 6.07) is 6.62. The number of ether oxygens (including phenoxy) is 4. The van der Waals surface area contributed by atoms with Crippen LogP contribution in [0.1, 0.15) is 71.7 Å². The fourth-order valence-corrected chi connectivity index (χ4v) is 8.04. The fraction of sp³-hybridized carbons (Fsp3) is 0.590. The molecule has 11 atom stereocenters. The standard InChI is InChI=1S/C39H53NO13.2Ac/c1-9-15-50-36(47)40-25(16-20(2)3)32(44)35(46)52-27-18-39(49,37(7,8)29(22(27)5)31(43)23(6)41)33(53-34(45)24-13-11-10-12-14-24)30-21(4)26(42)17-28-38(30,48)19-51-28;;/h9-14,16,21,25-28,30-33,42-44,48-49H,1,15,17-19H2,2-8H3,(H,40,47);;/t21-,25?,26?,27?,28?,30?,31?,32?,33?,38?,39?;;/m0../s1. The zero-order valence-corrected chi connectivity index (χ0v) is 41.9. The molecule has 2 fully saturated rings. The molecule has 6 N–H and O–H groups in total. The minimum atomic E-state index is -2.32. The number of hydrogen-bond donors (Lipinski definition) is 6. The first-order valence-corrected chi connectivity index (χ1v) is 17.7. The van der Waals surface area contributed by atoms with Crippen LogP contribution in [0.15, 0.2) is 65.8 Å². The summed E-state index contributed by atoms with van der Waals surface area (Å²) >= 11 is 0. The third-order valence-electron chi connectivity index (χ3n) is 11.1. The van der Waals surface area contributed by atoms with Crippen molar-refractivity contribution >= 4 is 23.8 Å². The first-order chi connectivity index (χ1) is 24.7. The van der Waals surface area contributed by atoms with Gasteiger partial charge in [-0.2, -0.15) is 0 Å². The second-order valence-corrected chi connectivity index (χ2v) is 15.2. The molecule has 2 radical (unpaired) electrons. The smallest absolute Gasteiger partial charge is 0.408 e. The number of aliphatic hydroxyl groups is 5. The third kappa shape index (κ3) is 10.4. The van der Waals surface area contributed by atoms with E-state index in [9.17, 15) is 44.7 Å². The van der Waals surface area contributed by atoms with E-state index >= 15 is 0 Å². The number of aliphatic hydroxyl groups excluding tert-OH is 3. The van der Waals surface area contributed by atoms with Gasteiger partial charge in [-0.1, -0.05) is 63.3 Å². The Labute approximate surface area is 393 Å². The summed E-state index contributed by atoms with van der Waals surface area (Å²) in [5.41, 5.74) is -4.71. The maximum atomic E-state index is 13.8. The van der Waals surface area contributed by atoms with Gasteiger partial charge in [-0.15, -0.1) is 0 Å². The predicted octanol–water partition coefficient (Wildman–Crippen LogP) is 2.31. The molecule has 1 heterocycles. The molecule has 0 spiro atoms. The van der Waals surface area contributed by atoms with Gasteiger partial charge >= 0.3 is 18.0 Å². The largest absolute Gasteiger partial charge is 0.456 e. The summed E-state index contributed by atoms with van der Waals surface area (Å²) in [6.07, 6.45) is -7.41. The Hall–Kier alpha value is -1.04. The number of Topliss-reactive ketones (excluding diaryl/α,β-unsaturated/α-hetero) is 1. The minimum absolute atomic E-state index is 0. The molecule has 16 heteroatoms. The van der Waals surface area contributed by atoms with E-state index in [2.05, 4.69) is 11.9 Å². The van der Waals surface area contributed by atoms with Crippen LogP contribution in [0.5, 0.6) is 0 Å². The molecule has 1 aromatic carbocycles. The first-order valence-electron chi connectivity index (χ1n) is 17.7. The summed E-state index contributed by atoms with van der Waals surface area (Å²) < 4.78 is 22.7. The van der Waals surface area contributed by atoms with Crippen molar-refractivity contribution in [1.29, 1.82) is 0 Å².